The van der Waals surface area contributed by atoms with Crippen molar-refractivity contribution in [1.29, 1.82) is 0 Å². The number of rotatable bonds is 10. The summed E-state index contributed by atoms with van der Waals surface area (Å²) in [6.07, 6.45) is 11.0. The van der Waals surface area contributed by atoms with Crippen LogP contribution in [-0.2, 0) is 9.53 Å². The largest absolute Gasteiger partial charge is 0.465 e. The van der Waals surface area contributed by atoms with Crippen molar-refractivity contribution in [2.24, 2.45) is 0 Å². The molecule has 1 N–H and O–H groups in total. The molecule has 0 aliphatic rings. The first-order valence-corrected chi connectivity index (χ1v) is 8.99. The summed E-state index contributed by atoms with van der Waals surface area (Å²) < 4.78 is 5.02. The molecule has 1 rings (SSSR count). The molecule has 5 heteroatoms. The van der Waals surface area contributed by atoms with Crippen molar-refractivity contribution in [3.63, 3.8) is 0 Å². The lowest BCUT2D eigenvalue weighted by molar-refractivity contribution is -0.140. The minimum atomic E-state index is -0.271. The first-order valence-electron chi connectivity index (χ1n) is 8.36. The number of hydrogen-bond donors (Lipinski definition) is 2. The Balaban J connectivity index is 2.52. The molecule has 0 bridgehead atoms. The molecule has 0 atom stereocenters. The summed E-state index contributed by atoms with van der Waals surface area (Å²) in [6.45, 7) is 3.27. The van der Waals surface area contributed by atoms with Crippen molar-refractivity contribution in [2.45, 2.75) is 13.3 Å². The molecule has 0 radical (unpaired) electrons. The maximum atomic E-state index is 11.0. The lowest BCUT2D eigenvalue weighted by Gasteiger charge is -2.19. The standard InChI is InChI=1S/C20H28N2O2S/c1-4-17(12-13-21-2)6-7-18-8-10-19(11-9-18)22(3)14-5-15-24-20(23)16-25/h4,6-13,21,25H,5,14-16H2,1-3H3/b7-6+,13-12-,17-4-. The molecule has 1 aromatic carbocycles. The topological polar surface area (TPSA) is 41.6 Å². The predicted octanol–water partition coefficient (Wildman–Crippen LogP) is 3.68. The van der Waals surface area contributed by atoms with E-state index in [2.05, 4.69) is 65.3 Å². The van der Waals surface area contributed by atoms with Gasteiger partial charge in [-0.15, -0.1) is 0 Å². The first-order chi connectivity index (χ1) is 12.1. The molecule has 4 nitrogen and oxygen atoms in total. The smallest absolute Gasteiger partial charge is 0.315 e. The SMILES string of the molecule is C/C=C(\C=C/NC)/C=C/c1ccc(N(C)CCCOC(=O)CS)cc1. The van der Waals surface area contributed by atoms with Gasteiger partial charge in [0, 0.05) is 26.3 Å². The van der Waals surface area contributed by atoms with Crippen molar-refractivity contribution in [3.8, 4) is 0 Å². The molecule has 0 aliphatic carbocycles. The predicted molar refractivity (Wildman–Crippen MR) is 110 cm³/mol. The maximum Gasteiger partial charge on any atom is 0.315 e. The molecule has 136 valence electrons. The average Bonchev–Trinajstić information content (AvgIpc) is 2.65. The number of anilines is 1. The van der Waals surface area contributed by atoms with Crippen LogP contribution in [0.25, 0.3) is 6.08 Å². The number of allylic oxidation sites excluding steroid dienone is 4. The fourth-order valence-electron chi connectivity index (χ4n) is 2.12. The Hall–Kier alpha value is -2.14. The van der Waals surface area contributed by atoms with E-state index in [9.17, 15) is 4.79 Å². The highest BCUT2D eigenvalue weighted by atomic mass is 32.1. The molecule has 0 saturated heterocycles. The van der Waals surface area contributed by atoms with Crippen molar-refractivity contribution >= 4 is 30.4 Å². The summed E-state index contributed by atoms with van der Waals surface area (Å²) in [4.78, 5) is 13.2. The monoisotopic (exact) mass is 360 g/mol. The van der Waals surface area contributed by atoms with Gasteiger partial charge in [-0.05, 0) is 48.9 Å². The van der Waals surface area contributed by atoms with Gasteiger partial charge in [-0.3, -0.25) is 4.79 Å². The first kappa shape index (κ1) is 20.9. The number of hydrogen-bond acceptors (Lipinski definition) is 5. The normalized spacial score (nSPS) is 11.9. The van der Waals surface area contributed by atoms with Crippen LogP contribution in [0, 0.1) is 0 Å². The molecule has 0 fully saturated rings. The number of esters is 1. The van der Waals surface area contributed by atoms with E-state index < -0.39 is 0 Å². The molecule has 0 heterocycles. The molecular formula is C20H28N2O2S. The molecule has 0 unspecified atom stereocenters. The van der Waals surface area contributed by atoms with Gasteiger partial charge in [0.1, 0.15) is 0 Å². The van der Waals surface area contributed by atoms with Gasteiger partial charge in [-0.25, -0.2) is 0 Å². The van der Waals surface area contributed by atoms with Crippen molar-refractivity contribution in [2.75, 3.05) is 37.9 Å². The van der Waals surface area contributed by atoms with Gasteiger partial charge in [-0.1, -0.05) is 30.4 Å². The zero-order valence-electron chi connectivity index (χ0n) is 15.2. The van der Waals surface area contributed by atoms with E-state index in [0.29, 0.717) is 6.61 Å². The van der Waals surface area contributed by atoms with Crippen LogP contribution in [0.3, 0.4) is 0 Å². The van der Waals surface area contributed by atoms with Crippen LogP contribution in [-0.4, -0.2) is 39.0 Å². The van der Waals surface area contributed by atoms with Gasteiger partial charge in [-0.2, -0.15) is 12.6 Å². The Labute approximate surface area is 156 Å². The van der Waals surface area contributed by atoms with E-state index in [-0.39, 0.29) is 11.7 Å². The quantitative estimate of drug-likeness (QED) is 0.289. The summed E-state index contributed by atoms with van der Waals surface area (Å²) in [5.74, 6) is -0.142. The second-order valence-electron chi connectivity index (χ2n) is 5.49. The maximum absolute atomic E-state index is 11.0. The summed E-state index contributed by atoms with van der Waals surface area (Å²) in [5, 5.41) is 2.99. The van der Waals surface area contributed by atoms with Crippen molar-refractivity contribution in [3.05, 3.63) is 59.8 Å². The van der Waals surface area contributed by atoms with Crippen LogP contribution >= 0.6 is 12.6 Å². The minimum absolute atomic E-state index is 0.129. The minimum Gasteiger partial charge on any atom is -0.465 e. The lowest BCUT2D eigenvalue weighted by Crippen LogP contribution is -2.20. The van der Waals surface area contributed by atoms with Crippen molar-refractivity contribution in [1.82, 2.24) is 5.32 Å². The summed E-state index contributed by atoms with van der Waals surface area (Å²) in [7, 11) is 3.92. The van der Waals surface area contributed by atoms with E-state index in [1.165, 1.54) is 0 Å². The number of benzene rings is 1. The molecule has 0 amide bonds. The molecular weight excluding hydrogens is 332 g/mol. The van der Waals surface area contributed by atoms with Crippen LogP contribution in [0.15, 0.2) is 54.3 Å². The molecule has 0 aliphatic heterocycles. The zero-order chi connectivity index (χ0) is 18.5. The highest BCUT2D eigenvalue weighted by Crippen LogP contribution is 2.15. The van der Waals surface area contributed by atoms with Crippen LogP contribution in [0.4, 0.5) is 5.69 Å². The van der Waals surface area contributed by atoms with E-state index in [4.69, 9.17) is 4.74 Å². The summed E-state index contributed by atoms with van der Waals surface area (Å²) in [6, 6.07) is 8.38. The van der Waals surface area contributed by atoms with Crippen LogP contribution in [0.2, 0.25) is 0 Å². The third-order valence-electron chi connectivity index (χ3n) is 3.61. The Morgan fingerprint density at radius 1 is 1.28 bits per heavy atom. The number of nitrogens with one attached hydrogen (secondary N) is 1. The highest BCUT2D eigenvalue weighted by molar-refractivity contribution is 7.81. The van der Waals surface area contributed by atoms with Gasteiger partial charge >= 0.3 is 5.97 Å². The fourth-order valence-corrected chi connectivity index (χ4v) is 2.21. The third-order valence-corrected chi connectivity index (χ3v) is 3.87. The lowest BCUT2D eigenvalue weighted by atomic mass is 10.1. The van der Waals surface area contributed by atoms with Gasteiger partial charge in [0.15, 0.2) is 0 Å². The van der Waals surface area contributed by atoms with Crippen molar-refractivity contribution < 1.29 is 9.53 Å². The molecule has 25 heavy (non-hydrogen) atoms. The second-order valence-corrected chi connectivity index (χ2v) is 5.81. The fraction of sp³-hybridized carbons (Fsp3) is 0.350. The number of carbonyl (C=O) groups excluding carboxylic acids is 1. The number of thiol groups is 1. The number of carbonyl (C=O) groups is 1. The molecule has 0 saturated carbocycles. The van der Waals surface area contributed by atoms with Crippen LogP contribution in [0.5, 0.6) is 0 Å². The molecule has 0 spiro atoms. The van der Waals surface area contributed by atoms with E-state index in [1.807, 2.05) is 33.3 Å². The zero-order valence-corrected chi connectivity index (χ0v) is 16.1. The van der Waals surface area contributed by atoms with Gasteiger partial charge in [0.2, 0.25) is 0 Å². The van der Waals surface area contributed by atoms with E-state index in [0.717, 1.165) is 29.8 Å². The highest BCUT2D eigenvalue weighted by Gasteiger charge is 2.02. The Morgan fingerprint density at radius 3 is 2.60 bits per heavy atom. The number of ether oxygens (including phenoxy) is 1. The molecule has 0 aromatic heterocycles. The van der Waals surface area contributed by atoms with Crippen LogP contribution < -0.4 is 10.2 Å². The van der Waals surface area contributed by atoms with Gasteiger partial charge in [0.05, 0.1) is 12.4 Å². The Bertz CT molecular complexity index is 607. The third kappa shape index (κ3) is 8.49. The van der Waals surface area contributed by atoms with Gasteiger partial charge in [0.25, 0.3) is 0 Å². The van der Waals surface area contributed by atoms with E-state index in [1.54, 1.807) is 0 Å². The molecule has 1 aromatic rings. The average molecular weight is 361 g/mol. The second kappa shape index (κ2) is 12.3. The van der Waals surface area contributed by atoms with E-state index >= 15 is 0 Å². The Morgan fingerprint density at radius 2 is 2.00 bits per heavy atom. The summed E-state index contributed by atoms with van der Waals surface area (Å²) in [5.41, 5.74) is 3.43. The van der Waals surface area contributed by atoms with Crippen LogP contribution in [0.1, 0.15) is 18.9 Å². The summed E-state index contributed by atoms with van der Waals surface area (Å²) >= 11 is 3.88. The van der Waals surface area contributed by atoms with Gasteiger partial charge < -0.3 is 15.0 Å². The number of nitrogens with zero attached hydrogens (tertiary/aromatic N) is 1. The Kier molecular flexibility index (Phi) is 10.2.